The van der Waals surface area contributed by atoms with Gasteiger partial charge in [0.1, 0.15) is 5.82 Å². The molecular formula is C21H31FN2O3. The topological polar surface area (TPSA) is 42.0 Å². The van der Waals surface area contributed by atoms with E-state index < -0.39 is 5.41 Å². The number of carbonyl (C=O) groups is 1. The molecule has 0 aliphatic carbocycles. The molecule has 0 aromatic heterocycles. The van der Waals surface area contributed by atoms with Crippen molar-refractivity contribution >= 4 is 5.97 Å². The van der Waals surface area contributed by atoms with Gasteiger partial charge in [0.25, 0.3) is 0 Å². The summed E-state index contributed by atoms with van der Waals surface area (Å²) in [4.78, 5) is 17.7. The van der Waals surface area contributed by atoms with Crippen molar-refractivity contribution < 1.29 is 18.7 Å². The Hall–Kier alpha value is -1.50. The molecule has 2 fully saturated rings. The molecule has 5 nitrogen and oxygen atoms in total. The minimum absolute atomic E-state index is 0.0430. The van der Waals surface area contributed by atoms with Crippen molar-refractivity contribution in [3.8, 4) is 0 Å². The van der Waals surface area contributed by atoms with Crippen molar-refractivity contribution in [1.82, 2.24) is 9.80 Å². The molecule has 27 heavy (non-hydrogen) atoms. The van der Waals surface area contributed by atoms with E-state index in [1.807, 2.05) is 19.1 Å². The van der Waals surface area contributed by atoms with Crippen LogP contribution in [-0.2, 0) is 20.8 Å². The predicted molar refractivity (Wildman–Crippen MR) is 102 cm³/mol. The Balaban J connectivity index is 1.74. The Morgan fingerprint density at radius 3 is 2.70 bits per heavy atom. The van der Waals surface area contributed by atoms with Gasteiger partial charge in [0.15, 0.2) is 0 Å². The highest BCUT2D eigenvalue weighted by Crippen LogP contribution is 2.43. The summed E-state index contributed by atoms with van der Waals surface area (Å²) in [7, 11) is 1.71. The monoisotopic (exact) mass is 378 g/mol. The molecule has 2 aliphatic heterocycles. The zero-order valence-corrected chi connectivity index (χ0v) is 16.5. The van der Waals surface area contributed by atoms with Crippen LogP contribution in [0.3, 0.4) is 0 Å². The Bertz CT molecular complexity index is 624. The molecule has 0 amide bonds. The molecule has 3 rings (SSSR count). The summed E-state index contributed by atoms with van der Waals surface area (Å²) in [5, 5.41) is 0. The van der Waals surface area contributed by atoms with Crippen LogP contribution in [0, 0.1) is 17.2 Å². The molecule has 0 saturated carbocycles. The molecular weight excluding hydrogens is 347 g/mol. The molecule has 1 aromatic rings. The van der Waals surface area contributed by atoms with E-state index in [9.17, 15) is 9.18 Å². The summed E-state index contributed by atoms with van der Waals surface area (Å²) in [6, 6.07) is 6.72. The highest BCUT2D eigenvalue weighted by Gasteiger charge is 2.53. The molecule has 2 saturated heterocycles. The number of benzene rings is 1. The maximum absolute atomic E-state index is 13.2. The minimum Gasteiger partial charge on any atom is -0.466 e. The molecule has 2 aliphatic rings. The van der Waals surface area contributed by atoms with Gasteiger partial charge in [0.05, 0.1) is 18.6 Å². The fourth-order valence-corrected chi connectivity index (χ4v) is 4.61. The maximum atomic E-state index is 13.2. The van der Waals surface area contributed by atoms with Gasteiger partial charge in [0, 0.05) is 45.8 Å². The summed E-state index contributed by atoms with van der Waals surface area (Å²) in [5.41, 5.74) is 0.690. The van der Waals surface area contributed by atoms with Crippen LogP contribution in [0.15, 0.2) is 24.3 Å². The smallest absolute Gasteiger partial charge is 0.313 e. The van der Waals surface area contributed by atoms with E-state index in [1.165, 1.54) is 12.1 Å². The molecule has 150 valence electrons. The summed E-state index contributed by atoms with van der Waals surface area (Å²) in [6.07, 6.45) is 1.83. The van der Waals surface area contributed by atoms with Gasteiger partial charge in [-0.15, -0.1) is 0 Å². The fraction of sp³-hybridized carbons (Fsp3) is 0.667. The van der Waals surface area contributed by atoms with Gasteiger partial charge in [-0.05, 0) is 44.0 Å². The molecule has 1 aromatic carbocycles. The summed E-state index contributed by atoms with van der Waals surface area (Å²) < 4.78 is 23.9. The van der Waals surface area contributed by atoms with Gasteiger partial charge in [-0.2, -0.15) is 0 Å². The molecule has 2 heterocycles. The Morgan fingerprint density at radius 1 is 1.26 bits per heavy atom. The Labute approximate surface area is 161 Å². The lowest BCUT2D eigenvalue weighted by Crippen LogP contribution is -2.42. The van der Waals surface area contributed by atoms with Gasteiger partial charge in [-0.1, -0.05) is 12.1 Å². The first kappa shape index (κ1) is 20.2. The maximum Gasteiger partial charge on any atom is 0.313 e. The van der Waals surface area contributed by atoms with Crippen LogP contribution in [0.25, 0.3) is 0 Å². The number of nitrogens with zero attached hydrogens (tertiary/aromatic N) is 2. The van der Waals surface area contributed by atoms with Gasteiger partial charge in [0.2, 0.25) is 0 Å². The highest BCUT2D eigenvalue weighted by atomic mass is 19.1. The first-order valence-electron chi connectivity index (χ1n) is 9.92. The van der Waals surface area contributed by atoms with Crippen molar-refractivity contribution in [3.63, 3.8) is 0 Å². The Kier molecular flexibility index (Phi) is 6.84. The van der Waals surface area contributed by atoms with E-state index in [2.05, 4.69) is 9.80 Å². The predicted octanol–water partition coefficient (Wildman–Crippen LogP) is 2.55. The summed E-state index contributed by atoms with van der Waals surface area (Å²) >= 11 is 0. The van der Waals surface area contributed by atoms with E-state index in [0.29, 0.717) is 13.2 Å². The average Bonchev–Trinajstić information content (AvgIpc) is 2.91. The third-order valence-electron chi connectivity index (χ3n) is 5.95. The van der Waals surface area contributed by atoms with Gasteiger partial charge in [-0.3, -0.25) is 14.6 Å². The largest absolute Gasteiger partial charge is 0.466 e. The lowest BCUT2D eigenvalue weighted by atomic mass is 9.75. The number of carbonyl (C=O) groups excluding carboxylic acids is 1. The van der Waals surface area contributed by atoms with Gasteiger partial charge >= 0.3 is 5.97 Å². The quantitative estimate of drug-likeness (QED) is 0.682. The number of fused-ring (bicyclic) bond motifs is 1. The number of hydrogen-bond donors (Lipinski definition) is 0. The van der Waals surface area contributed by atoms with Crippen LogP contribution in [0.4, 0.5) is 4.39 Å². The SMILES string of the molecule is CCOC(=O)[C@]12CCCN(Cc3ccc(F)cc3)C[C@H]1CN(CCOC)C2. The van der Waals surface area contributed by atoms with Crippen LogP contribution in [0.1, 0.15) is 25.3 Å². The molecule has 0 bridgehead atoms. The van der Waals surface area contributed by atoms with E-state index >= 15 is 0 Å². The van der Waals surface area contributed by atoms with Crippen LogP contribution in [-0.4, -0.2) is 68.8 Å². The third-order valence-corrected chi connectivity index (χ3v) is 5.95. The van der Waals surface area contributed by atoms with Gasteiger partial charge in [-0.25, -0.2) is 4.39 Å². The first-order valence-corrected chi connectivity index (χ1v) is 9.92. The average molecular weight is 378 g/mol. The lowest BCUT2D eigenvalue weighted by molar-refractivity contribution is -0.157. The van der Waals surface area contributed by atoms with E-state index in [1.54, 1.807) is 7.11 Å². The lowest BCUT2D eigenvalue weighted by Gasteiger charge is -2.31. The van der Waals surface area contributed by atoms with Crippen LogP contribution in [0.5, 0.6) is 0 Å². The van der Waals surface area contributed by atoms with Crippen molar-refractivity contribution in [2.45, 2.75) is 26.3 Å². The van der Waals surface area contributed by atoms with Crippen molar-refractivity contribution in [3.05, 3.63) is 35.6 Å². The summed E-state index contributed by atoms with van der Waals surface area (Å²) in [5.74, 6) is -0.00424. The summed E-state index contributed by atoms with van der Waals surface area (Å²) in [6.45, 7) is 8.05. The molecule has 6 heteroatoms. The van der Waals surface area contributed by atoms with Crippen molar-refractivity contribution in [2.24, 2.45) is 11.3 Å². The van der Waals surface area contributed by atoms with Crippen molar-refractivity contribution in [1.29, 1.82) is 0 Å². The van der Waals surface area contributed by atoms with E-state index in [4.69, 9.17) is 9.47 Å². The van der Waals surface area contributed by atoms with Crippen LogP contribution < -0.4 is 0 Å². The number of hydrogen-bond acceptors (Lipinski definition) is 5. The Morgan fingerprint density at radius 2 is 2.00 bits per heavy atom. The normalized spacial score (nSPS) is 26.6. The molecule has 0 spiro atoms. The van der Waals surface area contributed by atoms with E-state index in [-0.39, 0.29) is 17.7 Å². The number of halogens is 1. The fourth-order valence-electron chi connectivity index (χ4n) is 4.61. The second kappa shape index (κ2) is 9.13. The highest BCUT2D eigenvalue weighted by molar-refractivity contribution is 5.78. The minimum atomic E-state index is -0.415. The number of esters is 1. The second-order valence-corrected chi connectivity index (χ2v) is 7.77. The third kappa shape index (κ3) is 4.68. The van der Waals surface area contributed by atoms with Gasteiger partial charge < -0.3 is 9.47 Å². The van der Waals surface area contributed by atoms with E-state index in [0.717, 1.165) is 57.7 Å². The molecule has 2 atom stereocenters. The van der Waals surface area contributed by atoms with Crippen LogP contribution in [0.2, 0.25) is 0 Å². The standard InChI is InChI=1S/C21H31FN2O3/c1-3-27-20(25)21-9-4-10-23(13-17-5-7-19(22)8-6-17)14-18(21)15-24(16-21)11-12-26-2/h5-8,18H,3-4,9-16H2,1-2H3/t18-,21-/m0/s1. The number of ether oxygens (including phenoxy) is 2. The number of methoxy groups -OCH3 is 1. The number of likely N-dealkylation sites (tertiary alicyclic amines) is 2. The second-order valence-electron chi connectivity index (χ2n) is 7.77. The van der Waals surface area contributed by atoms with Crippen LogP contribution >= 0.6 is 0 Å². The van der Waals surface area contributed by atoms with Crippen molar-refractivity contribution in [2.75, 3.05) is 53.0 Å². The molecule has 0 unspecified atom stereocenters. The molecule has 0 N–H and O–H groups in total. The molecule has 0 radical (unpaired) electrons. The number of rotatable bonds is 7. The first-order chi connectivity index (χ1) is 13.1. The zero-order valence-electron chi connectivity index (χ0n) is 16.5. The zero-order chi connectivity index (χ0) is 19.3.